The highest BCUT2D eigenvalue weighted by Gasteiger charge is 2.39. The van der Waals surface area contributed by atoms with Crippen molar-refractivity contribution in [3.63, 3.8) is 0 Å². The molecule has 2 aliphatic rings. The van der Waals surface area contributed by atoms with E-state index < -0.39 is 9.84 Å². The first-order valence-electron chi connectivity index (χ1n) is 9.24. The lowest BCUT2D eigenvalue weighted by Crippen LogP contribution is -2.54. The van der Waals surface area contributed by atoms with Crippen LogP contribution in [0.3, 0.4) is 0 Å². The molecule has 2 fully saturated rings. The number of sulfone groups is 1. The van der Waals surface area contributed by atoms with E-state index in [1.807, 2.05) is 12.1 Å². The molecule has 2 saturated heterocycles. The van der Waals surface area contributed by atoms with Crippen LogP contribution in [0.1, 0.15) is 24.8 Å². The van der Waals surface area contributed by atoms with E-state index >= 15 is 0 Å². The number of carbonyl (C=O) groups excluding carboxylic acids is 1. The van der Waals surface area contributed by atoms with Gasteiger partial charge in [0.2, 0.25) is 5.91 Å². The van der Waals surface area contributed by atoms with Crippen molar-refractivity contribution in [3.05, 3.63) is 30.1 Å². The quantitative estimate of drug-likeness (QED) is 0.721. The molecule has 1 amide bonds. The third-order valence-corrected chi connectivity index (χ3v) is 6.96. The van der Waals surface area contributed by atoms with Crippen LogP contribution in [-0.4, -0.2) is 74.0 Å². The van der Waals surface area contributed by atoms with Gasteiger partial charge in [0.1, 0.15) is 0 Å². The maximum absolute atomic E-state index is 12.3. The van der Waals surface area contributed by atoms with Crippen molar-refractivity contribution in [2.24, 2.45) is 0 Å². The number of nitrogens with zero attached hydrogens (tertiary/aromatic N) is 2. The van der Waals surface area contributed by atoms with Crippen molar-refractivity contribution in [1.82, 2.24) is 20.5 Å². The number of amides is 1. The van der Waals surface area contributed by atoms with Crippen molar-refractivity contribution in [3.8, 4) is 0 Å². The molecule has 1 aromatic heterocycles. The average Bonchev–Trinajstić information content (AvgIpc) is 2.89. The Morgan fingerprint density at radius 1 is 1.27 bits per heavy atom. The molecule has 0 spiro atoms. The zero-order valence-electron chi connectivity index (χ0n) is 15.2. The summed E-state index contributed by atoms with van der Waals surface area (Å²) in [6.45, 7) is 2.03. The SMILES string of the molecule is CN1CCC(N[C@@H]2CS(=O)(=O)C[C@@H]2NC(=O)CCc2cccnc2)CC1. The molecule has 8 heteroatoms. The fourth-order valence-electron chi connectivity index (χ4n) is 3.71. The Morgan fingerprint density at radius 2 is 2.00 bits per heavy atom. The summed E-state index contributed by atoms with van der Waals surface area (Å²) >= 11 is 0. The third-order valence-electron chi connectivity index (χ3n) is 5.23. The van der Waals surface area contributed by atoms with Crippen LogP contribution < -0.4 is 10.6 Å². The van der Waals surface area contributed by atoms with Gasteiger partial charge in [-0.05, 0) is 51.0 Å². The van der Waals surface area contributed by atoms with Crippen LogP contribution >= 0.6 is 0 Å². The smallest absolute Gasteiger partial charge is 0.220 e. The summed E-state index contributed by atoms with van der Waals surface area (Å²) < 4.78 is 24.2. The highest BCUT2D eigenvalue weighted by molar-refractivity contribution is 7.91. The summed E-state index contributed by atoms with van der Waals surface area (Å²) in [5.74, 6) is 0.0224. The minimum atomic E-state index is -3.12. The molecule has 0 bridgehead atoms. The average molecular weight is 381 g/mol. The van der Waals surface area contributed by atoms with Gasteiger partial charge in [0, 0.05) is 30.9 Å². The van der Waals surface area contributed by atoms with Crippen LogP contribution in [0.2, 0.25) is 0 Å². The third kappa shape index (κ3) is 5.49. The maximum atomic E-state index is 12.3. The van der Waals surface area contributed by atoms with E-state index in [0.717, 1.165) is 31.5 Å². The summed E-state index contributed by atoms with van der Waals surface area (Å²) in [4.78, 5) is 18.6. The molecule has 7 nitrogen and oxygen atoms in total. The normalized spacial score (nSPS) is 26.7. The highest BCUT2D eigenvalue weighted by atomic mass is 32.2. The lowest BCUT2D eigenvalue weighted by Gasteiger charge is -2.33. The van der Waals surface area contributed by atoms with E-state index in [2.05, 4.69) is 27.6 Å². The zero-order chi connectivity index (χ0) is 18.6. The Morgan fingerprint density at radius 3 is 2.69 bits per heavy atom. The number of nitrogens with one attached hydrogen (secondary N) is 2. The molecule has 26 heavy (non-hydrogen) atoms. The largest absolute Gasteiger partial charge is 0.351 e. The highest BCUT2D eigenvalue weighted by Crippen LogP contribution is 2.17. The molecular formula is C18H28N4O3S. The number of aryl methyl sites for hydroxylation is 1. The second-order valence-electron chi connectivity index (χ2n) is 7.46. The summed E-state index contributed by atoms with van der Waals surface area (Å²) in [6, 6.07) is 3.56. The molecule has 0 aliphatic carbocycles. The molecule has 3 rings (SSSR count). The van der Waals surface area contributed by atoms with Gasteiger partial charge < -0.3 is 15.5 Å². The molecular weight excluding hydrogens is 352 g/mol. The molecule has 0 radical (unpaired) electrons. The van der Waals surface area contributed by atoms with E-state index in [-0.39, 0.29) is 29.5 Å². The minimum Gasteiger partial charge on any atom is -0.351 e. The van der Waals surface area contributed by atoms with Gasteiger partial charge in [0.05, 0.1) is 17.5 Å². The first-order valence-corrected chi connectivity index (χ1v) is 11.1. The first-order chi connectivity index (χ1) is 12.4. The molecule has 0 saturated carbocycles. The van der Waals surface area contributed by atoms with Gasteiger partial charge in [-0.3, -0.25) is 9.78 Å². The molecule has 1 aromatic rings. The van der Waals surface area contributed by atoms with Crippen molar-refractivity contribution in [2.75, 3.05) is 31.6 Å². The summed E-state index contributed by atoms with van der Waals surface area (Å²) in [6.07, 6.45) is 6.41. The van der Waals surface area contributed by atoms with Crippen LogP contribution in [0.25, 0.3) is 0 Å². The summed E-state index contributed by atoms with van der Waals surface area (Å²) in [7, 11) is -1.02. The topological polar surface area (TPSA) is 91.4 Å². The van der Waals surface area contributed by atoms with Gasteiger partial charge in [-0.25, -0.2) is 8.42 Å². The van der Waals surface area contributed by atoms with Gasteiger partial charge in [0.25, 0.3) is 0 Å². The number of aromatic nitrogens is 1. The Bertz CT molecular complexity index is 702. The lowest BCUT2D eigenvalue weighted by atomic mass is 10.0. The molecule has 144 valence electrons. The molecule has 2 atom stereocenters. The van der Waals surface area contributed by atoms with Crippen LogP contribution in [-0.2, 0) is 21.1 Å². The van der Waals surface area contributed by atoms with Gasteiger partial charge in [-0.2, -0.15) is 0 Å². The molecule has 0 aromatic carbocycles. The van der Waals surface area contributed by atoms with E-state index in [4.69, 9.17) is 0 Å². The summed E-state index contributed by atoms with van der Waals surface area (Å²) in [5.41, 5.74) is 1.00. The second-order valence-corrected chi connectivity index (χ2v) is 9.62. The monoisotopic (exact) mass is 380 g/mol. The number of likely N-dealkylation sites (tertiary alicyclic amines) is 1. The number of hydrogen-bond donors (Lipinski definition) is 2. The number of carbonyl (C=O) groups is 1. The van der Waals surface area contributed by atoms with E-state index in [1.165, 1.54) is 0 Å². The second kappa shape index (κ2) is 8.45. The molecule has 0 unspecified atom stereocenters. The number of rotatable bonds is 6. The van der Waals surface area contributed by atoms with Crippen LogP contribution in [0, 0.1) is 0 Å². The van der Waals surface area contributed by atoms with Crippen LogP contribution in [0.5, 0.6) is 0 Å². The molecule has 2 aliphatic heterocycles. The predicted octanol–water partition coefficient (Wildman–Crippen LogP) is -0.0202. The molecule has 2 N–H and O–H groups in total. The maximum Gasteiger partial charge on any atom is 0.220 e. The van der Waals surface area contributed by atoms with Crippen LogP contribution in [0.4, 0.5) is 0 Å². The van der Waals surface area contributed by atoms with Gasteiger partial charge in [-0.15, -0.1) is 0 Å². The van der Waals surface area contributed by atoms with Crippen molar-refractivity contribution in [1.29, 1.82) is 0 Å². The van der Waals surface area contributed by atoms with E-state index in [9.17, 15) is 13.2 Å². The standard InChI is InChI=1S/C18H28N4O3S/c1-22-9-6-15(7-10-22)20-16-12-26(24,25)13-17(16)21-18(23)5-4-14-3-2-8-19-11-14/h2-3,8,11,15-17,20H,4-7,9-10,12-13H2,1H3,(H,21,23)/t16-,17+/m1/s1. The van der Waals surface area contributed by atoms with Crippen molar-refractivity contribution in [2.45, 2.75) is 43.8 Å². The van der Waals surface area contributed by atoms with Gasteiger partial charge in [-0.1, -0.05) is 6.07 Å². The van der Waals surface area contributed by atoms with Gasteiger partial charge >= 0.3 is 0 Å². The fourth-order valence-corrected chi connectivity index (χ4v) is 5.59. The van der Waals surface area contributed by atoms with Gasteiger partial charge in [0.15, 0.2) is 9.84 Å². The van der Waals surface area contributed by atoms with E-state index in [0.29, 0.717) is 18.9 Å². The number of hydrogen-bond acceptors (Lipinski definition) is 6. The predicted molar refractivity (Wildman–Crippen MR) is 101 cm³/mol. The Labute approximate surface area is 155 Å². The Kier molecular flexibility index (Phi) is 6.26. The molecule has 3 heterocycles. The first kappa shape index (κ1) is 19.3. The zero-order valence-corrected chi connectivity index (χ0v) is 16.0. The number of piperidine rings is 1. The fraction of sp³-hybridized carbons (Fsp3) is 0.667. The Hall–Kier alpha value is -1.51. The number of pyridine rings is 1. The summed E-state index contributed by atoms with van der Waals surface area (Å²) in [5, 5.41) is 6.43. The van der Waals surface area contributed by atoms with E-state index in [1.54, 1.807) is 12.4 Å². The lowest BCUT2D eigenvalue weighted by molar-refractivity contribution is -0.121. The Balaban J connectivity index is 1.53. The van der Waals surface area contributed by atoms with Crippen LogP contribution in [0.15, 0.2) is 24.5 Å². The minimum absolute atomic E-state index is 0.0237. The van der Waals surface area contributed by atoms with Crippen molar-refractivity contribution >= 4 is 15.7 Å². The van der Waals surface area contributed by atoms with Crippen molar-refractivity contribution < 1.29 is 13.2 Å².